The largest absolute Gasteiger partial charge is 0.465 e. The summed E-state index contributed by atoms with van der Waals surface area (Å²) in [6.07, 6.45) is 22.1. The van der Waals surface area contributed by atoms with Crippen LogP contribution in [0.3, 0.4) is 0 Å². The Balaban J connectivity index is 3.30. The lowest BCUT2D eigenvalue weighted by atomic mass is 9.97. The van der Waals surface area contributed by atoms with E-state index >= 15 is 0 Å². The highest BCUT2D eigenvalue weighted by molar-refractivity contribution is 5.71. The molecule has 0 saturated heterocycles. The van der Waals surface area contributed by atoms with Crippen LogP contribution in [0.5, 0.6) is 0 Å². The van der Waals surface area contributed by atoms with Crippen molar-refractivity contribution in [1.82, 2.24) is 0 Å². The molecule has 2 nitrogen and oxygen atoms in total. The van der Waals surface area contributed by atoms with Crippen molar-refractivity contribution >= 4 is 5.97 Å². The zero-order chi connectivity index (χ0) is 20.2. The molecule has 0 spiro atoms. The van der Waals surface area contributed by atoms with Crippen molar-refractivity contribution in [3.8, 4) is 0 Å². The highest BCUT2D eigenvalue weighted by Gasteiger charge is 2.14. The first kappa shape index (κ1) is 26.5. The molecule has 2 heteroatoms. The fourth-order valence-electron chi connectivity index (χ4n) is 3.53. The lowest BCUT2D eigenvalue weighted by Gasteiger charge is -2.13. The van der Waals surface area contributed by atoms with Crippen LogP contribution in [0.25, 0.3) is 0 Å². The zero-order valence-corrected chi connectivity index (χ0v) is 19.2. The maximum absolute atomic E-state index is 12.0. The Morgan fingerprint density at radius 3 is 1.63 bits per heavy atom. The summed E-state index contributed by atoms with van der Waals surface area (Å²) < 4.78 is 5.45. The smallest absolute Gasteiger partial charge is 0.308 e. The van der Waals surface area contributed by atoms with Gasteiger partial charge in [0, 0.05) is 0 Å². The maximum atomic E-state index is 12.0. The SMILES string of the molecule is CCCCCCCCCCCCCCCOC(=O)C(C)CCCC(C)CC. The second-order valence-corrected chi connectivity index (χ2v) is 8.76. The molecule has 0 aliphatic rings. The van der Waals surface area contributed by atoms with E-state index < -0.39 is 0 Å². The number of rotatable bonds is 20. The van der Waals surface area contributed by atoms with E-state index in [0.29, 0.717) is 6.61 Å². The molecular formula is C25H50O2. The fraction of sp³-hybridized carbons (Fsp3) is 0.960. The predicted molar refractivity (Wildman–Crippen MR) is 119 cm³/mol. The lowest BCUT2D eigenvalue weighted by Crippen LogP contribution is -2.15. The van der Waals surface area contributed by atoms with Gasteiger partial charge in [0.1, 0.15) is 0 Å². The monoisotopic (exact) mass is 382 g/mol. The number of carbonyl (C=O) groups is 1. The third-order valence-electron chi connectivity index (χ3n) is 5.93. The van der Waals surface area contributed by atoms with E-state index in [1.807, 2.05) is 6.92 Å². The number of ether oxygens (including phenoxy) is 1. The van der Waals surface area contributed by atoms with Gasteiger partial charge >= 0.3 is 5.97 Å². The Labute approximate surface area is 171 Å². The second-order valence-electron chi connectivity index (χ2n) is 8.76. The van der Waals surface area contributed by atoms with Gasteiger partial charge in [-0.15, -0.1) is 0 Å². The van der Waals surface area contributed by atoms with Crippen molar-refractivity contribution in [2.75, 3.05) is 6.61 Å². The van der Waals surface area contributed by atoms with Crippen LogP contribution in [0.1, 0.15) is 137 Å². The molecule has 0 aliphatic heterocycles. The molecule has 0 rings (SSSR count). The molecule has 2 unspecified atom stereocenters. The van der Waals surface area contributed by atoms with Crippen molar-refractivity contribution in [1.29, 1.82) is 0 Å². The van der Waals surface area contributed by atoms with Crippen LogP contribution in [-0.4, -0.2) is 12.6 Å². The molecule has 0 aliphatic carbocycles. The zero-order valence-electron chi connectivity index (χ0n) is 19.2. The summed E-state index contributed by atoms with van der Waals surface area (Å²) in [6.45, 7) is 9.44. The number of carbonyl (C=O) groups excluding carboxylic acids is 1. The first-order valence-electron chi connectivity index (χ1n) is 12.3. The first-order chi connectivity index (χ1) is 13.1. The quantitative estimate of drug-likeness (QED) is 0.156. The topological polar surface area (TPSA) is 26.3 Å². The second kappa shape index (κ2) is 20.2. The summed E-state index contributed by atoms with van der Waals surface area (Å²) in [5.74, 6) is 0.855. The summed E-state index contributed by atoms with van der Waals surface area (Å²) >= 11 is 0. The fourth-order valence-corrected chi connectivity index (χ4v) is 3.53. The maximum Gasteiger partial charge on any atom is 0.308 e. The molecule has 0 fully saturated rings. The van der Waals surface area contributed by atoms with Gasteiger partial charge in [-0.2, -0.15) is 0 Å². The number of hydrogen-bond acceptors (Lipinski definition) is 2. The summed E-state index contributed by atoms with van der Waals surface area (Å²) in [5.41, 5.74) is 0. The Hall–Kier alpha value is -0.530. The van der Waals surface area contributed by atoms with Crippen molar-refractivity contribution in [2.45, 2.75) is 137 Å². The molecule has 0 bridgehead atoms. The van der Waals surface area contributed by atoms with Gasteiger partial charge in [-0.25, -0.2) is 0 Å². The van der Waals surface area contributed by atoms with Gasteiger partial charge in [0.2, 0.25) is 0 Å². The minimum Gasteiger partial charge on any atom is -0.465 e. The van der Waals surface area contributed by atoms with E-state index in [2.05, 4.69) is 20.8 Å². The predicted octanol–water partition coefficient (Wildman–Crippen LogP) is 8.47. The molecule has 27 heavy (non-hydrogen) atoms. The van der Waals surface area contributed by atoms with Gasteiger partial charge in [0.25, 0.3) is 0 Å². The summed E-state index contributed by atoms with van der Waals surface area (Å²) in [5, 5.41) is 0. The van der Waals surface area contributed by atoms with E-state index in [-0.39, 0.29) is 11.9 Å². The molecule has 0 aromatic heterocycles. The lowest BCUT2D eigenvalue weighted by molar-refractivity contribution is -0.148. The third kappa shape index (κ3) is 18.6. The van der Waals surface area contributed by atoms with E-state index in [9.17, 15) is 4.79 Å². The van der Waals surface area contributed by atoms with E-state index in [0.717, 1.165) is 25.2 Å². The Kier molecular flexibility index (Phi) is 19.8. The van der Waals surface area contributed by atoms with Crippen LogP contribution in [0.15, 0.2) is 0 Å². The van der Waals surface area contributed by atoms with E-state index in [1.165, 1.54) is 89.9 Å². The molecule has 2 atom stereocenters. The minimum atomic E-state index is 0.0121. The molecule has 0 heterocycles. The van der Waals surface area contributed by atoms with Gasteiger partial charge in [-0.1, -0.05) is 124 Å². The molecule has 0 saturated carbocycles. The molecule has 0 N–H and O–H groups in total. The normalized spacial score (nSPS) is 13.5. The van der Waals surface area contributed by atoms with Gasteiger partial charge < -0.3 is 4.74 Å². The average molecular weight is 383 g/mol. The van der Waals surface area contributed by atoms with Crippen LogP contribution in [-0.2, 0) is 9.53 Å². The van der Waals surface area contributed by atoms with Crippen molar-refractivity contribution in [3.05, 3.63) is 0 Å². The molecule has 162 valence electrons. The first-order valence-corrected chi connectivity index (χ1v) is 12.3. The van der Waals surface area contributed by atoms with Gasteiger partial charge in [-0.05, 0) is 18.8 Å². The van der Waals surface area contributed by atoms with Crippen molar-refractivity contribution in [3.63, 3.8) is 0 Å². The highest BCUT2D eigenvalue weighted by atomic mass is 16.5. The van der Waals surface area contributed by atoms with Gasteiger partial charge in [0.05, 0.1) is 12.5 Å². The molecule has 0 amide bonds. The van der Waals surface area contributed by atoms with Crippen LogP contribution in [0.4, 0.5) is 0 Å². The summed E-state index contributed by atoms with van der Waals surface area (Å²) in [7, 11) is 0. The van der Waals surface area contributed by atoms with E-state index in [4.69, 9.17) is 4.74 Å². The molecule has 0 radical (unpaired) electrons. The number of hydrogen-bond donors (Lipinski definition) is 0. The summed E-state index contributed by atoms with van der Waals surface area (Å²) in [6, 6.07) is 0. The highest BCUT2D eigenvalue weighted by Crippen LogP contribution is 2.16. The average Bonchev–Trinajstić information content (AvgIpc) is 2.67. The molecule has 0 aromatic rings. The van der Waals surface area contributed by atoms with Crippen LogP contribution in [0.2, 0.25) is 0 Å². The van der Waals surface area contributed by atoms with Crippen LogP contribution < -0.4 is 0 Å². The molecule has 0 aromatic carbocycles. The summed E-state index contributed by atoms with van der Waals surface area (Å²) in [4.78, 5) is 12.0. The molecular weight excluding hydrogens is 332 g/mol. The van der Waals surface area contributed by atoms with E-state index in [1.54, 1.807) is 0 Å². The standard InChI is InChI=1S/C25H50O2/c1-5-7-8-9-10-11-12-13-14-15-16-17-18-22-27-25(26)24(4)21-19-20-23(3)6-2/h23-24H,5-22H2,1-4H3. The Bertz CT molecular complexity index is 313. The number of unbranched alkanes of at least 4 members (excludes halogenated alkanes) is 12. The Morgan fingerprint density at radius 2 is 1.15 bits per heavy atom. The number of esters is 1. The van der Waals surface area contributed by atoms with Gasteiger partial charge in [-0.3, -0.25) is 4.79 Å². The van der Waals surface area contributed by atoms with Crippen molar-refractivity contribution < 1.29 is 9.53 Å². The third-order valence-corrected chi connectivity index (χ3v) is 5.93. The Morgan fingerprint density at radius 1 is 0.667 bits per heavy atom. The van der Waals surface area contributed by atoms with Crippen LogP contribution in [0, 0.1) is 11.8 Å². The van der Waals surface area contributed by atoms with Gasteiger partial charge in [0.15, 0.2) is 0 Å². The van der Waals surface area contributed by atoms with Crippen LogP contribution >= 0.6 is 0 Å². The van der Waals surface area contributed by atoms with Crippen molar-refractivity contribution in [2.24, 2.45) is 11.8 Å². The minimum absolute atomic E-state index is 0.0121.